The zero-order chi connectivity index (χ0) is 10.9. The molecule has 1 nitrogen and oxygen atoms in total. The van der Waals surface area contributed by atoms with Crippen molar-refractivity contribution in [2.75, 3.05) is 0 Å². The second-order valence-electron chi connectivity index (χ2n) is 2.57. The number of aliphatic hydroxyl groups excluding tert-OH is 1. The molecule has 0 aliphatic carbocycles. The molecule has 0 heterocycles. The third-order valence-electron chi connectivity index (χ3n) is 1.62. The summed E-state index contributed by atoms with van der Waals surface area (Å²) in [5, 5.41) is 8.22. The fourth-order valence-corrected chi connectivity index (χ4v) is 1.22. The van der Waals surface area contributed by atoms with Crippen LogP contribution in [0, 0.1) is 5.82 Å². The van der Waals surface area contributed by atoms with Crippen LogP contribution in [-0.2, 0) is 12.8 Å². The lowest BCUT2D eigenvalue weighted by Gasteiger charge is -2.12. The van der Waals surface area contributed by atoms with Crippen LogP contribution in [0.1, 0.15) is 11.1 Å². The van der Waals surface area contributed by atoms with Crippen LogP contribution in [-0.4, -0.2) is 5.11 Å². The van der Waals surface area contributed by atoms with E-state index in [1.807, 2.05) is 0 Å². The molecule has 0 aliphatic rings. The molecule has 0 spiro atoms. The SMILES string of the molecule is OCc1c(F)cc(Cl)cc1C(F)(F)F. The lowest BCUT2D eigenvalue weighted by molar-refractivity contribution is -0.138. The zero-order valence-electron chi connectivity index (χ0n) is 6.70. The van der Waals surface area contributed by atoms with Crippen LogP contribution in [0.2, 0.25) is 5.02 Å². The lowest BCUT2D eigenvalue weighted by Crippen LogP contribution is -2.11. The van der Waals surface area contributed by atoms with E-state index in [0.29, 0.717) is 6.07 Å². The molecule has 0 amide bonds. The molecule has 0 fully saturated rings. The Morgan fingerprint density at radius 1 is 1.29 bits per heavy atom. The molecule has 0 saturated heterocycles. The molecule has 0 saturated carbocycles. The smallest absolute Gasteiger partial charge is 0.392 e. The number of benzene rings is 1. The van der Waals surface area contributed by atoms with Gasteiger partial charge in [-0.1, -0.05) is 11.6 Å². The third-order valence-corrected chi connectivity index (χ3v) is 1.84. The first-order chi connectivity index (χ1) is 6.36. The molecule has 1 aromatic carbocycles. The highest BCUT2D eigenvalue weighted by molar-refractivity contribution is 6.30. The zero-order valence-corrected chi connectivity index (χ0v) is 7.45. The fourth-order valence-electron chi connectivity index (χ4n) is 1.02. The van der Waals surface area contributed by atoms with Crippen LogP contribution in [0.5, 0.6) is 0 Å². The predicted molar refractivity (Wildman–Crippen MR) is 42.3 cm³/mol. The van der Waals surface area contributed by atoms with Crippen molar-refractivity contribution >= 4 is 11.6 Å². The average Bonchev–Trinajstić information content (AvgIpc) is 2.01. The summed E-state index contributed by atoms with van der Waals surface area (Å²) in [6.07, 6.45) is -4.72. The minimum Gasteiger partial charge on any atom is -0.392 e. The van der Waals surface area contributed by atoms with Gasteiger partial charge >= 0.3 is 6.18 Å². The summed E-state index contributed by atoms with van der Waals surface area (Å²) in [4.78, 5) is 0. The van der Waals surface area contributed by atoms with Crippen molar-refractivity contribution in [2.45, 2.75) is 12.8 Å². The van der Waals surface area contributed by atoms with Crippen LogP contribution in [0.25, 0.3) is 0 Å². The molecule has 0 aromatic heterocycles. The van der Waals surface area contributed by atoms with Crippen LogP contribution in [0.3, 0.4) is 0 Å². The molecule has 0 aliphatic heterocycles. The van der Waals surface area contributed by atoms with E-state index in [-0.39, 0.29) is 5.02 Å². The van der Waals surface area contributed by atoms with E-state index >= 15 is 0 Å². The van der Waals surface area contributed by atoms with Crippen molar-refractivity contribution in [2.24, 2.45) is 0 Å². The minimum atomic E-state index is -4.72. The van der Waals surface area contributed by atoms with E-state index in [1.54, 1.807) is 0 Å². The summed E-state index contributed by atoms with van der Waals surface area (Å²) in [5.41, 5.74) is -2.04. The topological polar surface area (TPSA) is 20.2 Å². The number of alkyl halides is 3. The Kier molecular flexibility index (Phi) is 3.01. The summed E-state index contributed by atoms with van der Waals surface area (Å²) in [5.74, 6) is -1.16. The summed E-state index contributed by atoms with van der Waals surface area (Å²) >= 11 is 5.26. The van der Waals surface area contributed by atoms with Crippen molar-refractivity contribution in [1.29, 1.82) is 0 Å². The van der Waals surface area contributed by atoms with Crippen molar-refractivity contribution in [3.8, 4) is 0 Å². The van der Waals surface area contributed by atoms with Gasteiger partial charge in [-0.05, 0) is 12.1 Å². The Morgan fingerprint density at radius 2 is 1.86 bits per heavy atom. The van der Waals surface area contributed by atoms with Gasteiger partial charge in [-0.15, -0.1) is 0 Å². The summed E-state index contributed by atoms with van der Waals surface area (Å²) < 4.78 is 49.7. The third kappa shape index (κ3) is 2.16. The van der Waals surface area contributed by atoms with Gasteiger partial charge in [0.2, 0.25) is 0 Å². The summed E-state index contributed by atoms with van der Waals surface area (Å²) in [6, 6.07) is 1.30. The van der Waals surface area contributed by atoms with E-state index in [1.165, 1.54) is 0 Å². The number of aliphatic hydroxyl groups is 1. The number of hydrogen-bond donors (Lipinski definition) is 1. The maximum absolute atomic E-state index is 12.9. The van der Waals surface area contributed by atoms with Gasteiger partial charge in [0.25, 0.3) is 0 Å². The predicted octanol–water partition coefficient (Wildman–Crippen LogP) is 2.99. The Bertz CT molecular complexity index is 348. The second kappa shape index (κ2) is 3.74. The molecule has 6 heteroatoms. The molecule has 0 unspecified atom stereocenters. The van der Waals surface area contributed by atoms with Crippen molar-refractivity contribution in [3.63, 3.8) is 0 Å². The number of halogens is 5. The van der Waals surface area contributed by atoms with E-state index in [2.05, 4.69) is 0 Å². The fraction of sp³-hybridized carbons (Fsp3) is 0.250. The maximum Gasteiger partial charge on any atom is 0.416 e. The van der Waals surface area contributed by atoms with Gasteiger partial charge in [0.15, 0.2) is 0 Å². The van der Waals surface area contributed by atoms with Gasteiger partial charge in [-0.2, -0.15) is 13.2 Å². The Hall–Kier alpha value is -0.810. The quantitative estimate of drug-likeness (QED) is 0.733. The number of hydrogen-bond acceptors (Lipinski definition) is 1. The highest BCUT2D eigenvalue weighted by Gasteiger charge is 2.34. The maximum atomic E-state index is 12.9. The first-order valence-electron chi connectivity index (χ1n) is 3.52. The highest BCUT2D eigenvalue weighted by Crippen LogP contribution is 2.35. The van der Waals surface area contributed by atoms with Crippen molar-refractivity contribution < 1.29 is 22.7 Å². The minimum absolute atomic E-state index is 0.355. The van der Waals surface area contributed by atoms with Gasteiger partial charge in [-0.3, -0.25) is 0 Å². The molecular weight excluding hydrogens is 224 g/mol. The summed E-state index contributed by atoms with van der Waals surface area (Å²) in [6.45, 7) is -1.02. The summed E-state index contributed by atoms with van der Waals surface area (Å²) in [7, 11) is 0. The number of rotatable bonds is 1. The van der Waals surface area contributed by atoms with E-state index in [4.69, 9.17) is 16.7 Å². The largest absolute Gasteiger partial charge is 0.416 e. The molecule has 0 atom stereocenters. The first kappa shape index (κ1) is 11.3. The normalized spacial score (nSPS) is 11.9. The molecule has 1 aromatic rings. The van der Waals surface area contributed by atoms with E-state index in [9.17, 15) is 17.6 Å². The Balaban J connectivity index is 3.40. The average molecular weight is 229 g/mol. The van der Waals surface area contributed by atoms with Crippen molar-refractivity contribution in [3.05, 3.63) is 34.1 Å². The van der Waals surface area contributed by atoms with E-state index in [0.717, 1.165) is 6.07 Å². The monoisotopic (exact) mass is 228 g/mol. The van der Waals surface area contributed by atoms with Crippen LogP contribution in [0.4, 0.5) is 17.6 Å². The van der Waals surface area contributed by atoms with Gasteiger partial charge in [0, 0.05) is 10.6 Å². The van der Waals surface area contributed by atoms with Crippen molar-refractivity contribution in [1.82, 2.24) is 0 Å². The Morgan fingerprint density at radius 3 is 2.29 bits per heavy atom. The molecular formula is C8H5ClF4O. The van der Waals surface area contributed by atoms with E-state index < -0.39 is 29.7 Å². The van der Waals surface area contributed by atoms with Crippen LogP contribution in [0.15, 0.2) is 12.1 Å². The van der Waals surface area contributed by atoms with Gasteiger partial charge in [-0.25, -0.2) is 4.39 Å². The van der Waals surface area contributed by atoms with Gasteiger partial charge in [0.05, 0.1) is 12.2 Å². The van der Waals surface area contributed by atoms with Gasteiger partial charge in [0.1, 0.15) is 5.82 Å². The molecule has 1 rings (SSSR count). The van der Waals surface area contributed by atoms with Gasteiger partial charge < -0.3 is 5.11 Å². The molecule has 0 radical (unpaired) electrons. The Labute approximate surface area is 81.9 Å². The molecule has 0 bridgehead atoms. The standard InChI is InChI=1S/C8H5ClF4O/c9-4-1-6(8(11,12)13)5(3-14)7(10)2-4/h1-2,14H,3H2. The van der Waals surface area contributed by atoms with Crippen LogP contribution < -0.4 is 0 Å². The molecule has 78 valence electrons. The first-order valence-corrected chi connectivity index (χ1v) is 3.90. The molecule has 1 N–H and O–H groups in total. The van der Waals surface area contributed by atoms with Crippen LogP contribution >= 0.6 is 11.6 Å². The second-order valence-corrected chi connectivity index (χ2v) is 3.01. The molecule has 14 heavy (non-hydrogen) atoms. The lowest BCUT2D eigenvalue weighted by atomic mass is 10.1. The highest BCUT2D eigenvalue weighted by atomic mass is 35.5.